The fraction of sp³-hybridized carbons (Fsp3) is 0.348. The standard InChI is InChI=1S/C23H19Cl2F3N4O2/c1-12-20(22(33)31-7-2-3-17(31)14-6-8-34-11-14)21(13-4-5-15(24)16(25)9-13)32-19(29-12)10-18(30-32)23(26,27)28/h4-6,8-11,17,20-21H,2-3,7H2,1H3. The van der Waals surface area contributed by atoms with Crippen molar-refractivity contribution in [2.24, 2.45) is 10.9 Å². The normalized spacial score (nSPS) is 22.6. The summed E-state index contributed by atoms with van der Waals surface area (Å²) in [7, 11) is 0. The van der Waals surface area contributed by atoms with Crippen molar-refractivity contribution in [3.05, 3.63) is 69.7 Å². The van der Waals surface area contributed by atoms with E-state index in [1.807, 2.05) is 6.07 Å². The fourth-order valence-electron chi connectivity index (χ4n) is 4.80. The van der Waals surface area contributed by atoms with Crippen LogP contribution in [0.4, 0.5) is 19.0 Å². The van der Waals surface area contributed by atoms with Gasteiger partial charge in [-0.1, -0.05) is 29.3 Å². The molecule has 1 fully saturated rings. The van der Waals surface area contributed by atoms with Crippen molar-refractivity contribution in [2.75, 3.05) is 6.54 Å². The molecule has 1 aromatic carbocycles. The van der Waals surface area contributed by atoms with E-state index in [4.69, 9.17) is 27.6 Å². The van der Waals surface area contributed by atoms with Gasteiger partial charge in [0.05, 0.1) is 34.7 Å². The Balaban J connectivity index is 1.62. The second kappa shape index (κ2) is 8.46. The molecule has 6 nitrogen and oxygen atoms in total. The molecule has 0 radical (unpaired) electrons. The van der Waals surface area contributed by atoms with E-state index in [-0.39, 0.29) is 22.8 Å². The maximum atomic E-state index is 14.0. The number of benzene rings is 1. The molecule has 1 amide bonds. The summed E-state index contributed by atoms with van der Waals surface area (Å²) in [4.78, 5) is 20.1. The number of hydrogen-bond acceptors (Lipinski definition) is 4. The van der Waals surface area contributed by atoms with Crippen LogP contribution in [0.1, 0.15) is 48.7 Å². The number of hydrogen-bond donors (Lipinski definition) is 0. The Morgan fingerprint density at radius 1 is 1.15 bits per heavy atom. The summed E-state index contributed by atoms with van der Waals surface area (Å²) in [5.74, 6) is -1.09. The highest BCUT2D eigenvalue weighted by atomic mass is 35.5. The van der Waals surface area contributed by atoms with E-state index in [0.717, 1.165) is 24.5 Å². The van der Waals surface area contributed by atoms with E-state index in [1.54, 1.807) is 42.5 Å². The number of nitrogens with zero attached hydrogens (tertiary/aromatic N) is 4. The highest BCUT2D eigenvalue weighted by Crippen LogP contribution is 2.43. The number of amides is 1. The van der Waals surface area contributed by atoms with Crippen LogP contribution in [-0.4, -0.2) is 32.8 Å². The average Bonchev–Trinajstić information content (AvgIpc) is 3.53. The van der Waals surface area contributed by atoms with Gasteiger partial charge in [-0.3, -0.25) is 4.79 Å². The minimum absolute atomic E-state index is 0.0257. The Hall–Kier alpha value is -2.78. The van der Waals surface area contributed by atoms with Crippen LogP contribution in [-0.2, 0) is 11.0 Å². The van der Waals surface area contributed by atoms with Gasteiger partial charge in [0.2, 0.25) is 5.91 Å². The Morgan fingerprint density at radius 3 is 2.62 bits per heavy atom. The van der Waals surface area contributed by atoms with Crippen LogP contribution in [0, 0.1) is 5.92 Å². The molecule has 0 bridgehead atoms. The monoisotopic (exact) mass is 510 g/mol. The third-order valence-electron chi connectivity index (χ3n) is 6.34. The lowest BCUT2D eigenvalue weighted by atomic mass is 9.86. The third-order valence-corrected chi connectivity index (χ3v) is 7.08. The zero-order valence-electron chi connectivity index (χ0n) is 17.9. The molecule has 0 N–H and O–H groups in total. The highest BCUT2D eigenvalue weighted by molar-refractivity contribution is 6.42. The molecule has 178 valence electrons. The molecule has 3 aromatic rings. The Morgan fingerprint density at radius 2 is 1.94 bits per heavy atom. The van der Waals surface area contributed by atoms with Gasteiger partial charge in [-0.15, -0.1) is 0 Å². The molecule has 1 saturated heterocycles. The Bertz CT molecular complexity index is 1270. The van der Waals surface area contributed by atoms with Crippen molar-refractivity contribution in [1.82, 2.24) is 14.7 Å². The van der Waals surface area contributed by atoms with Gasteiger partial charge in [0.25, 0.3) is 0 Å². The van der Waals surface area contributed by atoms with Crippen LogP contribution >= 0.6 is 23.2 Å². The summed E-state index contributed by atoms with van der Waals surface area (Å²) in [6.07, 6.45) is 0.0629. The van der Waals surface area contributed by atoms with Crippen molar-refractivity contribution in [3.63, 3.8) is 0 Å². The second-order valence-electron chi connectivity index (χ2n) is 8.43. The van der Waals surface area contributed by atoms with E-state index in [0.29, 0.717) is 22.8 Å². The van der Waals surface area contributed by atoms with Gasteiger partial charge in [0, 0.05) is 23.9 Å². The van der Waals surface area contributed by atoms with Gasteiger partial charge in [0.1, 0.15) is 5.92 Å². The molecule has 0 aliphatic carbocycles. The van der Waals surface area contributed by atoms with E-state index in [9.17, 15) is 18.0 Å². The van der Waals surface area contributed by atoms with Gasteiger partial charge in [-0.05, 0) is 43.5 Å². The first-order chi connectivity index (χ1) is 16.1. The molecule has 0 spiro atoms. The number of likely N-dealkylation sites (tertiary alicyclic amines) is 1. The van der Waals surface area contributed by atoms with Crippen molar-refractivity contribution < 1.29 is 22.4 Å². The number of carbonyl (C=O) groups is 1. The molecule has 5 rings (SSSR count). The average molecular weight is 511 g/mol. The van der Waals surface area contributed by atoms with Crippen LogP contribution in [0.15, 0.2) is 52.3 Å². The zero-order chi connectivity index (χ0) is 24.2. The largest absolute Gasteiger partial charge is 0.472 e. The smallest absolute Gasteiger partial charge is 0.435 e. The maximum Gasteiger partial charge on any atom is 0.435 e. The van der Waals surface area contributed by atoms with E-state index >= 15 is 0 Å². The third kappa shape index (κ3) is 3.90. The van der Waals surface area contributed by atoms with Crippen molar-refractivity contribution in [3.8, 4) is 0 Å². The minimum atomic E-state index is -4.66. The van der Waals surface area contributed by atoms with Gasteiger partial charge in [-0.2, -0.15) is 18.3 Å². The number of halogens is 5. The number of alkyl halides is 3. The van der Waals surface area contributed by atoms with Crippen LogP contribution in [0.3, 0.4) is 0 Å². The summed E-state index contributed by atoms with van der Waals surface area (Å²) in [5, 5.41) is 4.34. The summed E-state index contributed by atoms with van der Waals surface area (Å²) in [5.41, 5.74) is 0.718. The van der Waals surface area contributed by atoms with Crippen LogP contribution in [0.25, 0.3) is 0 Å². The number of furan rings is 1. The first-order valence-electron chi connectivity index (χ1n) is 10.6. The lowest BCUT2D eigenvalue weighted by molar-refractivity contribution is -0.141. The molecule has 0 saturated carbocycles. The van der Waals surface area contributed by atoms with Crippen LogP contribution < -0.4 is 0 Å². The van der Waals surface area contributed by atoms with Crippen molar-refractivity contribution in [1.29, 1.82) is 0 Å². The predicted molar refractivity (Wildman–Crippen MR) is 120 cm³/mol. The fourth-order valence-corrected chi connectivity index (χ4v) is 5.10. The molecule has 2 aliphatic rings. The number of aliphatic imine (C=N–C) groups is 1. The van der Waals surface area contributed by atoms with Gasteiger partial charge < -0.3 is 9.32 Å². The molecule has 3 unspecified atom stereocenters. The topological polar surface area (TPSA) is 63.6 Å². The number of rotatable bonds is 3. The molecular weight excluding hydrogens is 492 g/mol. The van der Waals surface area contributed by atoms with Crippen LogP contribution in [0.5, 0.6) is 0 Å². The minimum Gasteiger partial charge on any atom is -0.472 e. The zero-order valence-corrected chi connectivity index (χ0v) is 19.4. The summed E-state index contributed by atoms with van der Waals surface area (Å²) >= 11 is 12.3. The quantitative estimate of drug-likeness (QED) is 0.405. The summed E-state index contributed by atoms with van der Waals surface area (Å²) in [6, 6.07) is 6.40. The molecule has 34 heavy (non-hydrogen) atoms. The molecule has 4 heterocycles. The van der Waals surface area contributed by atoms with E-state index in [2.05, 4.69) is 10.1 Å². The molecule has 11 heteroatoms. The van der Waals surface area contributed by atoms with Crippen LogP contribution in [0.2, 0.25) is 10.0 Å². The number of fused-ring (bicyclic) bond motifs is 1. The Kier molecular flexibility index (Phi) is 5.72. The van der Waals surface area contributed by atoms with E-state index in [1.165, 1.54) is 4.68 Å². The van der Waals surface area contributed by atoms with E-state index < -0.39 is 23.8 Å². The predicted octanol–water partition coefficient (Wildman–Crippen LogP) is 6.48. The van der Waals surface area contributed by atoms with Crippen molar-refractivity contribution >= 4 is 40.6 Å². The van der Waals surface area contributed by atoms with Gasteiger partial charge in [-0.25, -0.2) is 9.67 Å². The highest BCUT2D eigenvalue weighted by Gasteiger charge is 2.45. The lowest BCUT2D eigenvalue weighted by Crippen LogP contribution is -2.44. The molecule has 2 aromatic heterocycles. The lowest BCUT2D eigenvalue weighted by Gasteiger charge is -2.35. The number of aromatic nitrogens is 2. The second-order valence-corrected chi connectivity index (χ2v) is 9.24. The first kappa shape index (κ1) is 23.0. The first-order valence-corrected chi connectivity index (χ1v) is 11.4. The summed E-state index contributed by atoms with van der Waals surface area (Å²) < 4.78 is 46.8. The SMILES string of the molecule is CC1=Nc2cc(C(F)(F)F)nn2C(c2ccc(Cl)c(Cl)c2)C1C(=O)N1CCCC1c1ccoc1. The molecular formula is C23H19Cl2F3N4O2. The maximum absolute atomic E-state index is 14.0. The van der Waals surface area contributed by atoms with Gasteiger partial charge in [0.15, 0.2) is 11.5 Å². The molecule has 3 atom stereocenters. The molecule has 2 aliphatic heterocycles. The Labute approximate surface area is 203 Å². The number of carbonyl (C=O) groups excluding carboxylic acids is 1. The van der Waals surface area contributed by atoms with Crippen molar-refractivity contribution in [2.45, 2.75) is 38.0 Å². The summed E-state index contributed by atoms with van der Waals surface area (Å²) in [6.45, 7) is 2.17. The van der Waals surface area contributed by atoms with Gasteiger partial charge >= 0.3 is 6.18 Å².